The Balaban J connectivity index is 1.34. The van der Waals surface area contributed by atoms with Gasteiger partial charge in [-0.05, 0) is 59.8 Å². The van der Waals surface area contributed by atoms with Crippen molar-refractivity contribution in [2.75, 3.05) is 4.90 Å². The van der Waals surface area contributed by atoms with Crippen LogP contribution < -0.4 is 9.64 Å². The van der Waals surface area contributed by atoms with Gasteiger partial charge in [-0.25, -0.2) is 0 Å². The number of aliphatic hydroxyl groups excluding tert-OH is 1. The average Bonchev–Trinajstić information content (AvgIpc) is 3.70. The zero-order chi connectivity index (χ0) is 27.3. The van der Waals surface area contributed by atoms with Gasteiger partial charge in [-0.2, -0.15) is 0 Å². The van der Waals surface area contributed by atoms with Crippen LogP contribution in [-0.2, 0) is 21.8 Å². The molecule has 0 radical (unpaired) electrons. The van der Waals surface area contributed by atoms with E-state index >= 15 is 0 Å². The summed E-state index contributed by atoms with van der Waals surface area (Å²) in [6.07, 6.45) is 0.736. The SMILES string of the molecule is CC1Cc2cc(/C(O)=C3\C(=O)C(=O)N(c4nnc(SCc5ccc(Cl)cc5Cl)s4)C3c3cccs3)ccc2O1. The van der Waals surface area contributed by atoms with Crippen molar-refractivity contribution in [1.82, 2.24) is 10.2 Å². The fraction of sp³-hybridized carbons (Fsp3) is 0.185. The molecule has 2 aliphatic rings. The second kappa shape index (κ2) is 10.6. The fourth-order valence-corrected chi connectivity index (χ4v) is 7.86. The van der Waals surface area contributed by atoms with Gasteiger partial charge in [0.1, 0.15) is 23.7 Å². The van der Waals surface area contributed by atoms with Crippen LogP contribution in [0.15, 0.2) is 63.8 Å². The zero-order valence-corrected chi connectivity index (χ0v) is 24.2. The van der Waals surface area contributed by atoms with Crippen molar-refractivity contribution in [2.24, 2.45) is 0 Å². The second-order valence-electron chi connectivity index (χ2n) is 9.01. The Morgan fingerprint density at radius 3 is 2.79 bits per heavy atom. The van der Waals surface area contributed by atoms with Gasteiger partial charge in [0, 0.05) is 32.7 Å². The number of rotatable bonds is 6. The van der Waals surface area contributed by atoms with Crippen molar-refractivity contribution in [1.29, 1.82) is 0 Å². The molecular weight excluding hydrogens is 597 g/mol. The number of hydrogen-bond donors (Lipinski definition) is 1. The molecule has 198 valence electrons. The maximum Gasteiger partial charge on any atom is 0.301 e. The summed E-state index contributed by atoms with van der Waals surface area (Å²) >= 11 is 16.3. The van der Waals surface area contributed by atoms with E-state index in [1.54, 1.807) is 24.3 Å². The molecule has 12 heteroatoms. The topological polar surface area (TPSA) is 92.6 Å². The number of amides is 1. The first kappa shape index (κ1) is 26.3. The van der Waals surface area contributed by atoms with Crippen LogP contribution in [0.3, 0.4) is 0 Å². The molecule has 2 aromatic heterocycles. The lowest BCUT2D eigenvalue weighted by molar-refractivity contribution is -0.132. The quantitative estimate of drug-likeness (QED) is 0.0809. The van der Waals surface area contributed by atoms with Gasteiger partial charge >= 0.3 is 5.91 Å². The molecule has 2 aliphatic heterocycles. The maximum atomic E-state index is 13.4. The minimum atomic E-state index is -0.829. The third-order valence-electron chi connectivity index (χ3n) is 6.39. The third kappa shape index (κ3) is 4.96. The van der Waals surface area contributed by atoms with Gasteiger partial charge in [-0.15, -0.1) is 21.5 Å². The van der Waals surface area contributed by atoms with Crippen LogP contribution in [-0.4, -0.2) is 33.1 Å². The second-order valence-corrected chi connectivity index (χ2v) is 13.0. The Morgan fingerprint density at radius 2 is 2.03 bits per heavy atom. The number of hydrogen-bond acceptors (Lipinski definition) is 9. The van der Waals surface area contributed by atoms with E-state index in [2.05, 4.69) is 10.2 Å². The minimum Gasteiger partial charge on any atom is -0.507 e. The fourth-order valence-electron chi connectivity index (χ4n) is 4.61. The Labute approximate surface area is 246 Å². The molecule has 0 saturated carbocycles. The summed E-state index contributed by atoms with van der Waals surface area (Å²) in [4.78, 5) is 28.8. The molecular formula is C27H19Cl2N3O4S3. The summed E-state index contributed by atoms with van der Waals surface area (Å²) in [6.45, 7) is 1.97. The van der Waals surface area contributed by atoms with Gasteiger partial charge in [0.2, 0.25) is 5.13 Å². The molecule has 4 heterocycles. The van der Waals surface area contributed by atoms with E-state index in [9.17, 15) is 14.7 Å². The van der Waals surface area contributed by atoms with Crippen molar-refractivity contribution in [3.63, 3.8) is 0 Å². The molecule has 0 spiro atoms. The van der Waals surface area contributed by atoms with E-state index in [4.69, 9.17) is 27.9 Å². The van der Waals surface area contributed by atoms with Gasteiger partial charge in [-0.3, -0.25) is 14.5 Å². The summed E-state index contributed by atoms with van der Waals surface area (Å²) < 4.78 is 6.37. The first-order valence-electron chi connectivity index (χ1n) is 11.8. The number of benzene rings is 2. The van der Waals surface area contributed by atoms with Crippen LogP contribution in [0.2, 0.25) is 10.0 Å². The molecule has 6 rings (SSSR count). The van der Waals surface area contributed by atoms with Crippen LogP contribution >= 0.6 is 57.6 Å². The van der Waals surface area contributed by atoms with Gasteiger partial charge in [0.15, 0.2) is 4.34 Å². The van der Waals surface area contributed by atoms with E-state index in [1.807, 2.05) is 36.6 Å². The Bertz CT molecular complexity index is 1640. The number of thiophene rings is 1. The number of halogens is 2. The van der Waals surface area contributed by atoms with Crippen molar-refractivity contribution in [3.8, 4) is 5.75 Å². The third-order valence-corrected chi connectivity index (χ3v) is 10.0. The lowest BCUT2D eigenvalue weighted by atomic mass is 9.98. The molecule has 4 aromatic rings. The Kier molecular flexibility index (Phi) is 7.15. The predicted octanol–water partition coefficient (Wildman–Crippen LogP) is 7.15. The highest BCUT2D eigenvalue weighted by Crippen LogP contribution is 2.45. The molecule has 1 saturated heterocycles. The molecule has 2 aromatic carbocycles. The number of ketones is 1. The number of nitrogens with zero attached hydrogens (tertiary/aromatic N) is 3. The zero-order valence-electron chi connectivity index (χ0n) is 20.3. The smallest absolute Gasteiger partial charge is 0.301 e. The number of aliphatic hydroxyl groups is 1. The summed E-state index contributed by atoms with van der Waals surface area (Å²) in [5.74, 6) is -0.477. The van der Waals surface area contributed by atoms with E-state index < -0.39 is 17.7 Å². The monoisotopic (exact) mass is 615 g/mol. The van der Waals surface area contributed by atoms with Crippen LogP contribution in [0.25, 0.3) is 5.76 Å². The lowest BCUT2D eigenvalue weighted by Crippen LogP contribution is -2.29. The van der Waals surface area contributed by atoms with E-state index in [0.717, 1.165) is 21.8 Å². The van der Waals surface area contributed by atoms with Gasteiger partial charge in [0.05, 0.1) is 5.57 Å². The number of thioether (sulfide) groups is 1. The Morgan fingerprint density at radius 1 is 1.18 bits per heavy atom. The molecule has 1 amide bonds. The van der Waals surface area contributed by atoms with Gasteiger partial charge in [0.25, 0.3) is 5.78 Å². The molecule has 0 aliphatic carbocycles. The standard InChI is InChI=1S/C27H19Cl2N3O4S3/c1-13-9-16-10-14(5-7-19(16)36-13)23(33)21-22(20-3-2-8-37-20)32(25(35)24(21)34)26-30-31-27(39-26)38-12-15-4-6-17(28)11-18(15)29/h2-8,10-11,13,22,33H,9,12H2,1H3/b23-21+. The molecule has 1 fully saturated rings. The Hall–Kier alpha value is -2.89. The molecule has 39 heavy (non-hydrogen) atoms. The number of aromatic nitrogens is 2. The lowest BCUT2D eigenvalue weighted by Gasteiger charge is -2.21. The summed E-state index contributed by atoms with van der Waals surface area (Å²) in [5.41, 5.74) is 2.31. The van der Waals surface area contributed by atoms with Crippen molar-refractivity contribution in [2.45, 2.75) is 35.6 Å². The van der Waals surface area contributed by atoms with Crippen molar-refractivity contribution >= 4 is 80.2 Å². The molecule has 1 N–H and O–H groups in total. The van der Waals surface area contributed by atoms with Gasteiger partial charge < -0.3 is 9.84 Å². The van der Waals surface area contributed by atoms with E-state index in [-0.39, 0.29) is 22.6 Å². The predicted molar refractivity (Wildman–Crippen MR) is 155 cm³/mol. The van der Waals surface area contributed by atoms with Crippen LogP contribution in [0.4, 0.5) is 5.13 Å². The van der Waals surface area contributed by atoms with Crippen LogP contribution in [0, 0.1) is 0 Å². The van der Waals surface area contributed by atoms with Crippen molar-refractivity contribution in [3.05, 3.63) is 91.1 Å². The number of anilines is 1. The molecule has 7 nitrogen and oxygen atoms in total. The first-order valence-corrected chi connectivity index (χ1v) is 15.3. The van der Waals surface area contributed by atoms with Gasteiger partial charge in [-0.1, -0.05) is 58.4 Å². The van der Waals surface area contributed by atoms with Crippen LogP contribution in [0.5, 0.6) is 5.75 Å². The molecule has 2 unspecified atom stereocenters. The molecule has 2 atom stereocenters. The molecule has 0 bridgehead atoms. The summed E-state index contributed by atoms with van der Waals surface area (Å²) in [5, 5.41) is 23.1. The number of carbonyl (C=O) groups is 2. The highest BCUT2D eigenvalue weighted by Gasteiger charge is 2.49. The number of carbonyl (C=O) groups excluding carboxylic acids is 2. The van der Waals surface area contributed by atoms with E-state index in [1.165, 1.54) is 39.3 Å². The number of ether oxygens (including phenoxy) is 1. The largest absolute Gasteiger partial charge is 0.507 e. The van der Waals surface area contributed by atoms with Crippen LogP contribution in [0.1, 0.15) is 34.5 Å². The minimum absolute atomic E-state index is 0.0201. The first-order chi connectivity index (χ1) is 18.8. The maximum absolute atomic E-state index is 13.4. The highest BCUT2D eigenvalue weighted by molar-refractivity contribution is 8.00. The normalized spacial score (nSPS) is 19.9. The van der Waals surface area contributed by atoms with Crippen molar-refractivity contribution < 1.29 is 19.4 Å². The average molecular weight is 617 g/mol. The summed E-state index contributed by atoms with van der Waals surface area (Å²) in [7, 11) is 0. The summed E-state index contributed by atoms with van der Waals surface area (Å²) in [6, 6.07) is 13.4. The highest BCUT2D eigenvalue weighted by atomic mass is 35.5. The van der Waals surface area contributed by atoms with E-state index in [0.29, 0.717) is 32.1 Å². The number of fused-ring (bicyclic) bond motifs is 1. The number of Topliss-reactive ketones (excluding diaryl/α,β-unsaturated/α-hetero) is 1.